The molecule has 0 aromatic heterocycles. The quantitative estimate of drug-likeness (QED) is 0.0280. The summed E-state index contributed by atoms with van der Waals surface area (Å²) in [5, 5.41) is 354. The Morgan fingerprint density at radius 1 is 0.194 bits per heavy atom. The Hall–Kier alpha value is -4.20. The summed E-state index contributed by atoms with van der Waals surface area (Å²) < 4.78 is 123. The molecule has 0 spiro atoms. The average Bonchev–Trinajstić information content (AvgIpc) is 0.766. The normalized spacial score (nSPS) is 49.8. The van der Waals surface area contributed by atoms with Crippen LogP contribution in [-0.2, 0) is 119 Å². The van der Waals surface area contributed by atoms with E-state index in [1.165, 1.54) is 0 Å². The second-order valence-corrected chi connectivity index (χ2v) is 33.8. The van der Waals surface area contributed by atoms with Crippen LogP contribution < -0.4 is 21.3 Å². The van der Waals surface area contributed by atoms with Crippen LogP contribution in [-0.4, -0.2) is 592 Å². The van der Waals surface area contributed by atoms with Gasteiger partial charge in [-0.05, 0) is 0 Å². The third kappa shape index (κ3) is 24.0. The van der Waals surface area contributed by atoms with Crippen molar-refractivity contribution < 1.29 is 277 Å². The predicted molar refractivity (Wildman–Crippen MR) is 409 cm³/mol. The largest absolute Gasteiger partial charge is 0.394 e. The van der Waals surface area contributed by atoms with E-state index in [1.54, 1.807) is 0 Å². The molecule has 0 unspecified atom stereocenters. The minimum absolute atomic E-state index is 0.806. The van der Waals surface area contributed by atoms with Gasteiger partial charge < -0.3 is 279 Å². The van der Waals surface area contributed by atoms with Crippen molar-refractivity contribution in [2.24, 2.45) is 0 Å². The van der Waals surface area contributed by atoms with Crippen molar-refractivity contribution in [1.29, 1.82) is 0 Å². The maximum Gasteiger partial charge on any atom is 0.217 e. The Morgan fingerprint density at radius 3 is 0.694 bits per heavy atom. The van der Waals surface area contributed by atoms with E-state index in [-0.39, 0.29) is 0 Å². The minimum Gasteiger partial charge on any atom is -0.394 e. The number of hydrogen-bond donors (Lipinski definition) is 35. The van der Waals surface area contributed by atoms with E-state index in [9.17, 15) is 177 Å². The van der Waals surface area contributed by atoms with Gasteiger partial charge in [0, 0.05) is 27.7 Å². The molecule has 0 aromatic carbocycles. The zero-order valence-corrected chi connectivity index (χ0v) is 71.6. The minimum atomic E-state index is -2.59. The highest BCUT2D eigenvalue weighted by Gasteiger charge is 2.63. The lowest BCUT2D eigenvalue weighted by Gasteiger charge is -2.51. The summed E-state index contributed by atoms with van der Waals surface area (Å²) in [5.41, 5.74) is 0. The molecule has 0 saturated carbocycles. The third-order valence-electron chi connectivity index (χ3n) is 24.6. The second-order valence-electron chi connectivity index (χ2n) is 33.8. The molecule has 776 valence electrons. The number of hydrogen-bond acceptors (Lipinski definition) is 56. The van der Waals surface area contributed by atoms with Crippen molar-refractivity contribution in [2.45, 2.75) is 365 Å². The highest BCUT2D eigenvalue weighted by molar-refractivity contribution is 5.74. The molecule has 0 aromatic rings. The smallest absolute Gasteiger partial charge is 0.217 e. The number of nitrogens with one attached hydrogen (secondary N) is 4. The highest BCUT2D eigenvalue weighted by atomic mass is 16.8. The fourth-order valence-corrected chi connectivity index (χ4v) is 17.4. The topological polar surface area (TPSA) is 937 Å². The number of aliphatic hydroxyl groups is 31. The SMILES string of the molecule is CC(=O)N[C@@H]1[C@@H](O)[C@H](O[C@@H]2O[C@H](CO)[C@@H](O[C@@H]3O[C@H](CO[C@H]4O[C@H](CO)[C@@H](O)[C@H](O)[C@@H]4O[C@@H]4O[C@H](CO)[C@@H](O[C@@H]5O[C@H](CO)[C@H](O[C@H]6O[C@H](CO)[C@H](O)[C@H](O)[C@H]6O)[C@H](O)[C@H]5O)[C@H](O)[C@H]4NC(C)=O)[C@@H](O)[C@H](O[C@H]4O[C@H](CO)[C@@H](O[C@@H]5O[C@H](CO)[C@@H](O[C@@H]6O[C@H](CO)[C@H](O[C@H]7O[C@H](CO)[C@H](O)[C@H](O)[C@H]7O)[C@H](O)[C@H]6O)[C@H](O)[C@H]5NC(C)=O)[C@H](O)[C@@H]4O)[C@@H]3O)[C@H](O)[C@H]2NC(C)=O)[C@@H](CO)O[C@H]1O. The van der Waals surface area contributed by atoms with Gasteiger partial charge in [0.05, 0.1) is 72.7 Å². The molecule has 134 heavy (non-hydrogen) atoms. The first-order chi connectivity index (χ1) is 63.5. The summed E-state index contributed by atoms with van der Waals surface area (Å²) in [7, 11) is 0. The molecule has 4 amide bonds. The Morgan fingerprint density at radius 2 is 0.396 bits per heavy atom. The van der Waals surface area contributed by atoms with Gasteiger partial charge in [-0.3, -0.25) is 19.2 Å². The van der Waals surface area contributed by atoms with Crippen molar-refractivity contribution in [3.8, 4) is 0 Å². The Balaban J connectivity index is 0.847. The van der Waals surface area contributed by atoms with E-state index >= 15 is 0 Å². The van der Waals surface area contributed by atoms with E-state index in [0.717, 1.165) is 27.7 Å². The van der Waals surface area contributed by atoms with Crippen LogP contribution in [0.25, 0.3) is 0 Å². The van der Waals surface area contributed by atoms with E-state index in [2.05, 4.69) is 21.3 Å². The molecule has 0 radical (unpaired) electrons. The fraction of sp³-hybridized carbons (Fsp3) is 0.946. The molecule has 60 nitrogen and oxygen atoms in total. The summed E-state index contributed by atoms with van der Waals surface area (Å²) in [6, 6.07) is -7.57. The lowest BCUT2D eigenvalue weighted by atomic mass is 9.93. The molecule has 11 aliphatic rings. The van der Waals surface area contributed by atoms with Gasteiger partial charge in [0.1, 0.15) is 268 Å². The third-order valence-corrected chi connectivity index (χ3v) is 24.6. The molecular weight excluding hydrogens is 1840 g/mol. The predicted octanol–water partition coefficient (Wildman–Crippen LogP) is -24.4. The highest BCUT2D eigenvalue weighted by Crippen LogP contribution is 2.42. The zero-order valence-electron chi connectivity index (χ0n) is 71.6. The van der Waals surface area contributed by atoms with Crippen molar-refractivity contribution in [3.05, 3.63) is 0 Å². The number of carbonyl (C=O) groups excluding carboxylic acids is 4. The monoisotopic (exact) mass is 1960 g/mol. The first kappa shape index (κ1) is 110. The van der Waals surface area contributed by atoms with Crippen molar-refractivity contribution in [3.63, 3.8) is 0 Å². The molecular formula is C74H124N4O56. The maximum atomic E-state index is 13.1. The molecule has 0 aliphatic carbocycles. The van der Waals surface area contributed by atoms with Crippen molar-refractivity contribution in [2.75, 3.05) is 72.7 Å². The molecule has 11 heterocycles. The van der Waals surface area contributed by atoms with Gasteiger partial charge in [0.15, 0.2) is 69.2 Å². The number of rotatable bonds is 35. The molecule has 11 aliphatic heterocycles. The molecule has 11 saturated heterocycles. The first-order valence-electron chi connectivity index (χ1n) is 42.7. The molecule has 0 bridgehead atoms. The van der Waals surface area contributed by atoms with Gasteiger partial charge in [0.2, 0.25) is 23.6 Å². The summed E-state index contributed by atoms with van der Waals surface area (Å²) in [5.74, 6) is -3.73. The Kier molecular flexibility index (Phi) is 39.7. The van der Waals surface area contributed by atoms with Crippen LogP contribution in [0.5, 0.6) is 0 Å². The molecule has 60 heteroatoms. The van der Waals surface area contributed by atoms with E-state index in [1.807, 2.05) is 0 Å². The van der Waals surface area contributed by atoms with Gasteiger partial charge in [0.25, 0.3) is 0 Å². The van der Waals surface area contributed by atoms with Crippen LogP contribution >= 0.6 is 0 Å². The van der Waals surface area contributed by atoms with Crippen LogP contribution in [0.1, 0.15) is 27.7 Å². The van der Waals surface area contributed by atoms with E-state index in [4.69, 9.17) is 99.5 Å². The number of carbonyl (C=O) groups is 4. The van der Waals surface area contributed by atoms with Crippen LogP contribution in [0.3, 0.4) is 0 Å². The zero-order chi connectivity index (χ0) is 98.5. The van der Waals surface area contributed by atoms with Crippen LogP contribution in [0.15, 0.2) is 0 Å². The average molecular weight is 1970 g/mol. The standard InChI is InChI=1S/C74H124N4O56/c1-16(89)75-31-39(97)55(23(8-82)115-64(31)113)126-65-32(76-17(2)90)41(99)58(26(11-85)119-65)130-73-54(112)62(133-72-53(111)46(104)59(27(12-86)124-72)127-66-33(77-18(3)91)40(98)56(24(9-83)120-66)128-70-51(109)47(105)60(28(13-87)122-70)131-68-49(107)43(101)35(93)20(5-79)116-68)38(96)30(125-73)15-114-74-63(45(103)37(95)22(7-81)118-74)134-67-34(78-19(4)92)42(100)57(25(10-84)121-67)129-71-52(110)48(106)61(29(14-88)123-71)132-69-50(108)44(102)36(94)21(6-80)117-69/h20-74,79-88,93-113H,5-15H2,1-4H3,(H,75,89)(H,76,90)(H,77,91)(H,78,92)/t20-,21-,22-,23-,24-,25-,26-,27-,28-,29-,30-,31-,32-,33-,34-,35+,36+,37-,38-,39-,40-,41-,42-,43+,44+,45+,46-,47-,48-,49-,50-,51-,52-,53+,54+,55-,56-,57-,58-,59-,60+,61+,62+,63+,64-,65+,66+,67+,68-,69-,70+,71+,72-,73+,74+/m1/s1. The van der Waals surface area contributed by atoms with Crippen molar-refractivity contribution >= 4 is 23.6 Å². The molecule has 35 N–H and O–H groups in total. The Labute approximate surface area is 757 Å². The summed E-state index contributed by atoms with van der Waals surface area (Å²) >= 11 is 0. The maximum absolute atomic E-state index is 13.1. The van der Waals surface area contributed by atoms with E-state index < -0.39 is 434 Å². The van der Waals surface area contributed by atoms with Crippen molar-refractivity contribution in [1.82, 2.24) is 21.3 Å². The number of amides is 4. The van der Waals surface area contributed by atoms with Crippen LogP contribution in [0, 0.1) is 0 Å². The molecule has 55 atom stereocenters. The number of ether oxygens (including phenoxy) is 21. The number of aliphatic hydroxyl groups excluding tert-OH is 31. The van der Waals surface area contributed by atoms with Gasteiger partial charge in [-0.2, -0.15) is 0 Å². The Bertz CT molecular complexity index is 3640. The van der Waals surface area contributed by atoms with Gasteiger partial charge in [-0.25, -0.2) is 0 Å². The van der Waals surface area contributed by atoms with Crippen LogP contribution in [0.2, 0.25) is 0 Å². The molecule has 11 fully saturated rings. The van der Waals surface area contributed by atoms with Gasteiger partial charge >= 0.3 is 0 Å². The summed E-state index contributed by atoms with van der Waals surface area (Å²) in [4.78, 5) is 51.3. The van der Waals surface area contributed by atoms with Gasteiger partial charge in [-0.1, -0.05) is 0 Å². The van der Waals surface area contributed by atoms with E-state index in [0.29, 0.717) is 0 Å². The summed E-state index contributed by atoms with van der Waals surface area (Å²) in [6.45, 7) is -8.56. The fourth-order valence-electron chi connectivity index (χ4n) is 17.4. The first-order valence-corrected chi connectivity index (χ1v) is 42.7. The summed E-state index contributed by atoms with van der Waals surface area (Å²) in [6.07, 6.45) is -107. The van der Waals surface area contributed by atoms with Gasteiger partial charge in [-0.15, -0.1) is 0 Å². The van der Waals surface area contributed by atoms with Crippen LogP contribution in [0.4, 0.5) is 0 Å². The second kappa shape index (κ2) is 48.3. The lowest BCUT2D eigenvalue weighted by Crippen LogP contribution is -2.71. The molecule has 11 rings (SSSR count). The lowest BCUT2D eigenvalue weighted by molar-refractivity contribution is -0.395.